The van der Waals surface area contributed by atoms with Gasteiger partial charge in [-0.05, 0) is 104 Å². The van der Waals surface area contributed by atoms with Gasteiger partial charge < -0.3 is 14.9 Å². The Morgan fingerprint density at radius 3 is 2.55 bits per heavy atom. The monoisotopic (exact) mass is 406 g/mol. The number of esters is 1. The first-order valence-corrected chi connectivity index (χ1v) is 12.1. The quantitative estimate of drug-likeness (QED) is 0.671. The van der Waals surface area contributed by atoms with E-state index in [4.69, 9.17) is 4.74 Å². The number of carbonyl (C=O) groups excluding carboxylic acids is 1. The third-order valence-electron chi connectivity index (χ3n) is 10.5. The summed E-state index contributed by atoms with van der Waals surface area (Å²) in [5.41, 5.74) is 0.271. The minimum Gasteiger partial charge on any atom is -0.469 e. The lowest BCUT2D eigenvalue weighted by Crippen LogP contribution is -2.58. The number of ether oxygens (including phenoxy) is 1. The molecule has 0 aromatic carbocycles. The molecule has 4 fully saturated rings. The summed E-state index contributed by atoms with van der Waals surface area (Å²) in [5.74, 6) is 3.36. The molecule has 0 aromatic rings. The number of methoxy groups -OCH3 is 1. The number of carbonyl (C=O) groups is 1. The van der Waals surface area contributed by atoms with E-state index in [0.29, 0.717) is 41.4 Å². The Bertz CT molecular complexity index is 620. The summed E-state index contributed by atoms with van der Waals surface area (Å²) in [6.45, 7) is 7.12. The molecule has 0 aliphatic heterocycles. The Balaban J connectivity index is 1.53. The molecule has 10 atom stereocenters. The van der Waals surface area contributed by atoms with Gasteiger partial charge in [0.05, 0.1) is 19.3 Å². The second-order valence-corrected chi connectivity index (χ2v) is 11.5. The summed E-state index contributed by atoms with van der Waals surface area (Å²) >= 11 is 0. The highest BCUT2D eigenvalue weighted by atomic mass is 16.5. The van der Waals surface area contributed by atoms with Gasteiger partial charge in [0.25, 0.3) is 0 Å². The van der Waals surface area contributed by atoms with E-state index in [1.54, 1.807) is 0 Å². The van der Waals surface area contributed by atoms with E-state index in [0.717, 1.165) is 38.0 Å². The molecular formula is C25H42O4. The van der Waals surface area contributed by atoms with Crippen molar-refractivity contribution >= 4 is 5.97 Å². The van der Waals surface area contributed by atoms with Crippen molar-refractivity contribution in [1.29, 1.82) is 0 Å². The van der Waals surface area contributed by atoms with E-state index in [2.05, 4.69) is 20.8 Å². The molecule has 4 saturated carbocycles. The molecule has 0 spiro atoms. The molecular weight excluding hydrogens is 364 g/mol. The minimum absolute atomic E-state index is 0.0198. The van der Waals surface area contributed by atoms with Crippen LogP contribution >= 0.6 is 0 Å². The zero-order valence-corrected chi connectivity index (χ0v) is 18.9. The second-order valence-electron chi connectivity index (χ2n) is 11.5. The predicted octanol–water partition coefficient (Wildman–Crippen LogP) is 4.57. The molecule has 0 heterocycles. The van der Waals surface area contributed by atoms with E-state index >= 15 is 0 Å². The van der Waals surface area contributed by atoms with Crippen molar-refractivity contribution < 1.29 is 19.7 Å². The smallest absolute Gasteiger partial charge is 0.305 e. The van der Waals surface area contributed by atoms with Crippen molar-refractivity contribution in [2.24, 2.45) is 46.3 Å². The van der Waals surface area contributed by atoms with Crippen molar-refractivity contribution in [2.75, 3.05) is 7.11 Å². The van der Waals surface area contributed by atoms with Crippen molar-refractivity contribution in [3.8, 4) is 0 Å². The van der Waals surface area contributed by atoms with Crippen molar-refractivity contribution in [2.45, 2.75) is 97.2 Å². The third kappa shape index (κ3) is 3.37. The van der Waals surface area contributed by atoms with Crippen LogP contribution in [0.25, 0.3) is 0 Å². The van der Waals surface area contributed by atoms with Crippen LogP contribution in [-0.2, 0) is 9.53 Å². The Hall–Kier alpha value is -0.610. The van der Waals surface area contributed by atoms with Gasteiger partial charge in [-0.2, -0.15) is 0 Å². The Labute approximate surface area is 176 Å². The highest BCUT2D eigenvalue weighted by molar-refractivity contribution is 5.69. The lowest BCUT2D eigenvalue weighted by molar-refractivity contribution is -0.175. The minimum atomic E-state index is -0.246. The van der Waals surface area contributed by atoms with Gasteiger partial charge in [0, 0.05) is 6.42 Å². The first-order valence-electron chi connectivity index (χ1n) is 12.1. The normalized spacial score (nSPS) is 50.2. The van der Waals surface area contributed by atoms with Crippen LogP contribution < -0.4 is 0 Å². The average Bonchev–Trinajstić information content (AvgIpc) is 3.06. The van der Waals surface area contributed by atoms with Crippen molar-refractivity contribution in [3.05, 3.63) is 0 Å². The molecule has 2 N–H and O–H groups in total. The van der Waals surface area contributed by atoms with Gasteiger partial charge in [-0.3, -0.25) is 4.79 Å². The molecule has 0 bridgehead atoms. The summed E-state index contributed by atoms with van der Waals surface area (Å²) in [4.78, 5) is 11.6. The molecule has 0 aromatic heterocycles. The number of rotatable bonds is 4. The molecule has 4 aliphatic rings. The third-order valence-corrected chi connectivity index (χ3v) is 10.5. The summed E-state index contributed by atoms with van der Waals surface area (Å²) in [6.07, 6.45) is 9.86. The molecule has 0 unspecified atom stereocenters. The van der Waals surface area contributed by atoms with Gasteiger partial charge in [0.1, 0.15) is 0 Å². The van der Waals surface area contributed by atoms with Gasteiger partial charge in [0.2, 0.25) is 0 Å². The molecule has 29 heavy (non-hydrogen) atoms. The van der Waals surface area contributed by atoms with Gasteiger partial charge in [-0.1, -0.05) is 20.8 Å². The van der Waals surface area contributed by atoms with Gasteiger partial charge in [-0.15, -0.1) is 0 Å². The van der Waals surface area contributed by atoms with Crippen LogP contribution in [0.1, 0.15) is 85.0 Å². The molecule has 166 valence electrons. The second kappa shape index (κ2) is 7.82. The fraction of sp³-hybridized carbons (Fsp3) is 0.960. The molecule has 0 amide bonds. The molecule has 4 nitrogen and oxygen atoms in total. The highest BCUT2D eigenvalue weighted by Gasteiger charge is 2.63. The van der Waals surface area contributed by atoms with Crippen molar-refractivity contribution in [3.63, 3.8) is 0 Å². The number of hydrogen-bond donors (Lipinski definition) is 2. The maximum Gasteiger partial charge on any atom is 0.305 e. The van der Waals surface area contributed by atoms with Gasteiger partial charge >= 0.3 is 5.97 Å². The SMILES string of the molecule is COC(=O)CC[C@@H](C)[C@@H]1CC[C@H]2[C@@H]3CC[C@H]4C[C@@H](O)CC[C@]4(C)[C@@H]3C[C@@H](O)[C@@]21C. The molecule has 0 saturated heterocycles. The lowest BCUT2D eigenvalue weighted by Gasteiger charge is -2.62. The largest absolute Gasteiger partial charge is 0.469 e. The van der Waals surface area contributed by atoms with Crippen LogP contribution in [-0.4, -0.2) is 35.5 Å². The fourth-order valence-corrected chi connectivity index (χ4v) is 8.81. The lowest BCUT2D eigenvalue weighted by atomic mass is 9.43. The first-order chi connectivity index (χ1) is 13.7. The van der Waals surface area contributed by atoms with E-state index in [1.807, 2.05) is 0 Å². The standard InChI is InChI=1S/C25H42O4/c1-15(5-10-23(28)29-4)19-8-9-20-18-7-6-16-13-17(26)11-12-24(16,2)21(18)14-22(27)25(19,20)3/h15-22,26-27H,5-14H2,1-4H3/t15-,16+,17+,18+,19+,20+,21-,22-,24+,25-/m1/s1. The summed E-state index contributed by atoms with van der Waals surface area (Å²) < 4.78 is 4.85. The van der Waals surface area contributed by atoms with Crippen LogP contribution in [0, 0.1) is 46.3 Å². The predicted molar refractivity (Wildman–Crippen MR) is 113 cm³/mol. The molecule has 4 rings (SSSR count). The van der Waals surface area contributed by atoms with Crippen LogP contribution in [0.2, 0.25) is 0 Å². The number of aliphatic hydroxyl groups is 2. The van der Waals surface area contributed by atoms with Crippen LogP contribution in [0.5, 0.6) is 0 Å². The van der Waals surface area contributed by atoms with E-state index in [1.165, 1.54) is 32.8 Å². The summed E-state index contributed by atoms with van der Waals surface area (Å²) in [6, 6.07) is 0. The topological polar surface area (TPSA) is 66.8 Å². The van der Waals surface area contributed by atoms with E-state index < -0.39 is 0 Å². The Morgan fingerprint density at radius 2 is 1.83 bits per heavy atom. The maximum absolute atomic E-state index is 11.6. The molecule has 4 aliphatic carbocycles. The average molecular weight is 407 g/mol. The first kappa shape index (κ1) is 21.6. The number of fused-ring (bicyclic) bond motifs is 5. The Morgan fingerprint density at radius 1 is 1.07 bits per heavy atom. The Kier molecular flexibility index (Phi) is 5.83. The maximum atomic E-state index is 11.6. The fourth-order valence-electron chi connectivity index (χ4n) is 8.81. The van der Waals surface area contributed by atoms with Crippen LogP contribution in [0.15, 0.2) is 0 Å². The van der Waals surface area contributed by atoms with E-state index in [9.17, 15) is 15.0 Å². The van der Waals surface area contributed by atoms with Gasteiger partial charge in [-0.25, -0.2) is 0 Å². The van der Waals surface area contributed by atoms with E-state index in [-0.39, 0.29) is 23.6 Å². The number of aliphatic hydroxyl groups excluding tert-OH is 2. The van der Waals surface area contributed by atoms with Gasteiger partial charge in [0.15, 0.2) is 0 Å². The van der Waals surface area contributed by atoms with Crippen LogP contribution in [0.4, 0.5) is 0 Å². The van der Waals surface area contributed by atoms with Crippen LogP contribution in [0.3, 0.4) is 0 Å². The zero-order valence-electron chi connectivity index (χ0n) is 18.9. The van der Waals surface area contributed by atoms with Crippen molar-refractivity contribution in [1.82, 2.24) is 0 Å². The summed E-state index contributed by atoms with van der Waals surface area (Å²) in [7, 11) is 1.46. The molecule has 4 heteroatoms. The number of hydrogen-bond acceptors (Lipinski definition) is 4. The summed E-state index contributed by atoms with van der Waals surface area (Å²) in [5, 5.41) is 21.8. The molecule has 0 radical (unpaired) electrons. The highest BCUT2D eigenvalue weighted by Crippen LogP contribution is 2.68. The zero-order chi connectivity index (χ0) is 21.0.